The minimum Gasteiger partial charge on any atom is -0.493 e. The molecule has 1 amide bonds. The number of halogens is 1. The Balaban J connectivity index is 0.00000387. The Labute approximate surface area is 253 Å². The molecular weight excluding hydrogens is 560 g/mol. The van der Waals surface area contributed by atoms with Crippen molar-refractivity contribution in [2.45, 2.75) is 57.1 Å². The quantitative estimate of drug-likeness (QED) is 0.345. The number of hydrogen-bond donors (Lipinski definition) is 0. The zero-order valence-electron chi connectivity index (χ0n) is 24.0. The van der Waals surface area contributed by atoms with Crippen molar-refractivity contribution in [2.24, 2.45) is 0 Å². The topological polar surface area (TPSA) is 78.3 Å². The summed E-state index contributed by atoms with van der Waals surface area (Å²) in [7, 11) is 3.18. The molecular formula is C31H41ClN4O4S. The minimum absolute atomic E-state index is 0. The van der Waals surface area contributed by atoms with E-state index < -0.39 is 0 Å². The minimum atomic E-state index is -0.140. The first-order valence-corrected chi connectivity index (χ1v) is 15.3. The predicted molar refractivity (Wildman–Crippen MR) is 166 cm³/mol. The summed E-state index contributed by atoms with van der Waals surface area (Å²) in [6.07, 6.45) is 9.49. The number of nitriles is 1. The molecule has 0 spiro atoms. The van der Waals surface area contributed by atoms with Crippen LogP contribution in [0.4, 0.5) is 9.80 Å². The van der Waals surface area contributed by atoms with E-state index in [9.17, 15) is 10.1 Å². The van der Waals surface area contributed by atoms with Crippen LogP contribution in [0.3, 0.4) is 0 Å². The smallest absolute Gasteiger partial charge is 0.410 e. The molecule has 3 saturated heterocycles. The lowest BCUT2D eigenvalue weighted by molar-refractivity contribution is 0.0347. The van der Waals surface area contributed by atoms with Gasteiger partial charge in [-0.25, -0.2) is 4.79 Å². The number of hydrogen-bond acceptors (Lipinski definition) is 8. The Kier molecular flexibility index (Phi) is 11.2. The van der Waals surface area contributed by atoms with Crippen molar-refractivity contribution >= 4 is 46.5 Å². The summed E-state index contributed by atoms with van der Waals surface area (Å²) in [6.45, 7) is 5.73. The fourth-order valence-electron chi connectivity index (χ4n) is 6.02. The van der Waals surface area contributed by atoms with Crippen LogP contribution in [-0.4, -0.2) is 81.5 Å². The maximum Gasteiger partial charge on any atom is 0.410 e. The Bertz CT molecular complexity index is 1220. The third kappa shape index (κ3) is 7.68. The van der Waals surface area contributed by atoms with Crippen molar-refractivity contribution in [2.75, 3.05) is 58.4 Å². The molecule has 0 N–H and O–H groups in total. The highest BCUT2D eigenvalue weighted by Crippen LogP contribution is 2.34. The van der Waals surface area contributed by atoms with Crippen molar-refractivity contribution in [1.82, 2.24) is 9.80 Å². The molecule has 0 radical (unpaired) electrons. The molecule has 0 unspecified atom stereocenters. The van der Waals surface area contributed by atoms with Crippen molar-refractivity contribution < 1.29 is 19.0 Å². The lowest BCUT2D eigenvalue weighted by atomic mass is 10.0. The first-order chi connectivity index (χ1) is 19.6. The van der Waals surface area contributed by atoms with E-state index >= 15 is 0 Å². The largest absolute Gasteiger partial charge is 0.493 e. The number of likely N-dealkylation sites (tertiary alicyclic amines) is 2. The number of methoxy groups -OCH3 is 2. The number of carbonyl (C=O) groups excluding carboxylic acids is 1. The van der Waals surface area contributed by atoms with Gasteiger partial charge in [-0.3, -0.25) is 0 Å². The number of thiophene rings is 1. The molecule has 10 heteroatoms. The van der Waals surface area contributed by atoms with Crippen molar-refractivity contribution in [1.29, 1.82) is 5.26 Å². The highest BCUT2D eigenvalue weighted by atomic mass is 35.5. The normalized spacial score (nSPS) is 19.3. The van der Waals surface area contributed by atoms with Gasteiger partial charge in [0.15, 0.2) is 11.5 Å². The molecule has 0 aliphatic carbocycles. The Hall–Kier alpha value is -2.93. The third-order valence-corrected chi connectivity index (χ3v) is 9.46. The van der Waals surface area contributed by atoms with Gasteiger partial charge in [0.2, 0.25) is 0 Å². The van der Waals surface area contributed by atoms with Crippen LogP contribution in [0.5, 0.6) is 11.5 Å². The second kappa shape index (κ2) is 14.8. The van der Waals surface area contributed by atoms with Gasteiger partial charge >= 0.3 is 6.09 Å². The average Bonchev–Trinajstić information content (AvgIpc) is 3.49. The highest BCUT2D eigenvalue weighted by molar-refractivity contribution is 7.17. The molecule has 0 atom stereocenters. The van der Waals surface area contributed by atoms with Gasteiger partial charge in [-0.2, -0.15) is 5.26 Å². The van der Waals surface area contributed by atoms with Crippen LogP contribution in [-0.2, 0) is 4.74 Å². The molecule has 3 aliphatic rings. The second-order valence-electron chi connectivity index (χ2n) is 10.8. The molecule has 0 bridgehead atoms. The van der Waals surface area contributed by atoms with Gasteiger partial charge in [0.25, 0.3) is 0 Å². The summed E-state index contributed by atoms with van der Waals surface area (Å²) >= 11 is 1.67. The van der Waals surface area contributed by atoms with Crippen molar-refractivity contribution in [3.63, 3.8) is 0 Å². The summed E-state index contributed by atoms with van der Waals surface area (Å²) in [5.41, 5.74) is 1.35. The standard InChI is InChI=1S/C31H40N4O4S.ClH/c1-37-28-8-6-23(21-29(28)38-2)24(22-32)20-27-7-9-30(40-27)34-18-12-26(13-19-34)39-31(36)35-16-10-25(11-17-35)33-14-4-3-5-15-33;/h6-9,20-21,25-26H,3-5,10-19H2,1-2H3;1H/b24-20+;. The van der Waals surface area contributed by atoms with E-state index in [1.54, 1.807) is 25.6 Å². The van der Waals surface area contributed by atoms with E-state index in [0.717, 1.165) is 62.3 Å². The maximum atomic E-state index is 12.9. The molecule has 3 aliphatic heterocycles. The first-order valence-electron chi connectivity index (χ1n) is 14.5. The summed E-state index contributed by atoms with van der Waals surface area (Å²) in [5, 5.41) is 11.0. The van der Waals surface area contributed by atoms with Crippen LogP contribution >= 0.6 is 23.7 Å². The molecule has 1 aromatic heterocycles. The number of piperidine rings is 3. The number of allylic oxidation sites excluding steroid dienone is 1. The zero-order valence-corrected chi connectivity index (χ0v) is 25.7. The van der Waals surface area contributed by atoms with Gasteiger partial charge < -0.3 is 28.9 Å². The number of amides is 1. The number of rotatable bonds is 7. The number of ether oxygens (including phenoxy) is 3. The van der Waals surface area contributed by atoms with E-state index in [-0.39, 0.29) is 24.6 Å². The highest BCUT2D eigenvalue weighted by Gasteiger charge is 2.30. The van der Waals surface area contributed by atoms with Crippen LogP contribution in [0.1, 0.15) is 55.4 Å². The lowest BCUT2D eigenvalue weighted by Crippen LogP contribution is -2.49. The molecule has 222 valence electrons. The maximum absolute atomic E-state index is 12.9. The number of carbonyl (C=O) groups is 1. The molecule has 2 aromatic rings. The second-order valence-corrected chi connectivity index (χ2v) is 11.9. The van der Waals surface area contributed by atoms with E-state index in [0.29, 0.717) is 23.1 Å². The van der Waals surface area contributed by atoms with Crippen LogP contribution < -0.4 is 14.4 Å². The molecule has 3 fully saturated rings. The third-order valence-electron chi connectivity index (χ3n) is 8.37. The van der Waals surface area contributed by atoms with Gasteiger partial charge in [-0.1, -0.05) is 6.42 Å². The fourth-order valence-corrected chi connectivity index (χ4v) is 7.03. The van der Waals surface area contributed by atoms with Gasteiger partial charge in [0.1, 0.15) is 6.10 Å². The predicted octanol–water partition coefficient (Wildman–Crippen LogP) is 6.31. The first kappa shape index (κ1) is 31.0. The number of nitrogens with zero attached hydrogens (tertiary/aromatic N) is 4. The van der Waals surface area contributed by atoms with E-state index in [1.807, 2.05) is 29.2 Å². The molecule has 0 saturated carbocycles. The molecule has 8 nitrogen and oxygen atoms in total. The van der Waals surface area contributed by atoms with Crippen LogP contribution in [0.15, 0.2) is 30.3 Å². The van der Waals surface area contributed by atoms with Gasteiger partial charge in [0.05, 0.1) is 30.9 Å². The van der Waals surface area contributed by atoms with E-state index in [2.05, 4.69) is 28.0 Å². The SMILES string of the molecule is COc1ccc(/C(C#N)=C/c2ccc(N3CCC(OC(=O)N4CCC(N5CCCCC5)CC4)CC3)s2)cc1OC.Cl. The van der Waals surface area contributed by atoms with Crippen LogP contribution in [0, 0.1) is 11.3 Å². The van der Waals surface area contributed by atoms with E-state index in [1.165, 1.54) is 37.4 Å². The van der Waals surface area contributed by atoms with Crippen LogP contribution in [0.2, 0.25) is 0 Å². The van der Waals surface area contributed by atoms with Crippen LogP contribution in [0.25, 0.3) is 11.6 Å². The van der Waals surface area contributed by atoms with Gasteiger partial charge in [-0.15, -0.1) is 23.7 Å². The molecule has 1 aromatic carbocycles. The van der Waals surface area contributed by atoms with Crippen molar-refractivity contribution in [3.05, 3.63) is 40.8 Å². The molecule has 4 heterocycles. The van der Waals surface area contributed by atoms with Gasteiger partial charge in [-0.05, 0) is 80.7 Å². The van der Waals surface area contributed by atoms with E-state index in [4.69, 9.17) is 14.2 Å². The number of benzene rings is 1. The number of anilines is 1. The Morgan fingerprint density at radius 2 is 1.63 bits per heavy atom. The Morgan fingerprint density at radius 3 is 2.29 bits per heavy atom. The summed E-state index contributed by atoms with van der Waals surface area (Å²) in [6, 6.07) is 12.6. The zero-order chi connectivity index (χ0) is 27.9. The summed E-state index contributed by atoms with van der Waals surface area (Å²) < 4.78 is 16.7. The summed E-state index contributed by atoms with van der Waals surface area (Å²) in [4.78, 5) is 20.8. The Morgan fingerprint density at radius 1 is 0.927 bits per heavy atom. The lowest BCUT2D eigenvalue weighted by Gasteiger charge is -2.40. The molecule has 41 heavy (non-hydrogen) atoms. The average molecular weight is 601 g/mol. The monoisotopic (exact) mass is 600 g/mol. The van der Waals surface area contributed by atoms with Crippen molar-refractivity contribution in [3.8, 4) is 17.6 Å². The molecule has 5 rings (SSSR count). The summed E-state index contributed by atoms with van der Waals surface area (Å²) in [5.74, 6) is 1.23. The fraction of sp³-hybridized carbons (Fsp3) is 0.548. The van der Waals surface area contributed by atoms with Gasteiger partial charge in [0, 0.05) is 49.9 Å².